The van der Waals surface area contributed by atoms with Gasteiger partial charge < -0.3 is 10.3 Å². The van der Waals surface area contributed by atoms with E-state index in [-0.39, 0.29) is 5.91 Å². The van der Waals surface area contributed by atoms with Gasteiger partial charge in [-0.1, -0.05) is 54.6 Å². The van der Waals surface area contributed by atoms with Crippen LogP contribution >= 0.6 is 0 Å². The second-order valence-corrected chi connectivity index (χ2v) is 6.88. The lowest BCUT2D eigenvalue weighted by Crippen LogP contribution is -2.32. The van der Waals surface area contributed by atoms with E-state index in [0.29, 0.717) is 13.0 Å². The Balaban J connectivity index is 1.75. The van der Waals surface area contributed by atoms with Crippen LogP contribution in [0, 0.1) is 0 Å². The maximum Gasteiger partial charge on any atom is 0.253 e. The molecule has 0 fully saturated rings. The van der Waals surface area contributed by atoms with Crippen LogP contribution in [0.2, 0.25) is 0 Å². The number of nitrogens with zero attached hydrogens (tertiary/aromatic N) is 1. The fourth-order valence-electron chi connectivity index (χ4n) is 3.96. The molecule has 2 N–H and O–H groups in total. The van der Waals surface area contributed by atoms with E-state index in [1.54, 1.807) is 0 Å². The van der Waals surface area contributed by atoms with Gasteiger partial charge in [0.1, 0.15) is 0 Å². The molecule has 4 nitrogen and oxygen atoms in total. The molecule has 132 valence electrons. The topological polar surface area (TPSA) is 57.8 Å². The molecule has 0 bridgehead atoms. The first-order valence-corrected chi connectivity index (χ1v) is 9.21. The highest BCUT2D eigenvalue weighted by molar-refractivity contribution is 6.02. The molecule has 2 aromatic carbocycles. The summed E-state index contributed by atoms with van der Waals surface area (Å²) in [6.07, 6.45) is 3.35. The van der Waals surface area contributed by atoms with E-state index >= 15 is 0 Å². The number of para-hydroxylation sites is 1. The molecule has 0 atom stereocenters. The van der Waals surface area contributed by atoms with Crippen LogP contribution in [0.4, 0.5) is 0 Å². The molecule has 1 aliphatic heterocycles. The minimum atomic E-state index is 0.0119. The summed E-state index contributed by atoms with van der Waals surface area (Å²) in [5.41, 5.74) is 7.05. The van der Waals surface area contributed by atoms with Crippen LogP contribution in [-0.2, 0) is 12.8 Å². The minimum Gasteiger partial charge on any atom is -0.357 e. The average Bonchev–Trinajstić information content (AvgIpc) is 3.08. The lowest BCUT2D eigenvalue weighted by molar-refractivity contribution is 0.0945. The van der Waals surface area contributed by atoms with Gasteiger partial charge in [0.15, 0.2) is 0 Å². The van der Waals surface area contributed by atoms with E-state index in [9.17, 15) is 4.79 Å². The zero-order valence-corrected chi connectivity index (χ0v) is 14.8. The molecule has 4 aromatic rings. The van der Waals surface area contributed by atoms with Gasteiger partial charge in [0.25, 0.3) is 5.91 Å². The number of aromatic nitrogens is 2. The predicted molar refractivity (Wildman–Crippen MR) is 107 cm³/mol. The van der Waals surface area contributed by atoms with E-state index in [2.05, 4.69) is 45.6 Å². The van der Waals surface area contributed by atoms with Crippen LogP contribution in [0.25, 0.3) is 22.2 Å². The van der Waals surface area contributed by atoms with E-state index in [4.69, 9.17) is 0 Å². The number of benzene rings is 2. The molecule has 1 aliphatic rings. The van der Waals surface area contributed by atoms with Gasteiger partial charge in [-0.3, -0.25) is 9.78 Å². The van der Waals surface area contributed by atoms with Gasteiger partial charge in [-0.15, -0.1) is 0 Å². The summed E-state index contributed by atoms with van der Waals surface area (Å²) in [5, 5.41) is 4.09. The zero-order valence-electron chi connectivity index (χ0n) is 14.8. The van der Waals surface area contributed by atoms with Crippen molar-refractivity contribution in [3.8, 4) is 11.3 Å². The Labute approximate surface area is 157 Å². The van der Waals surface area contributed by atoms with Crippen molar-refractivity contribution in [2.24, 2.45) is 0 Å². The van der Waals surface area contributed by atoms with E-state index in [1.807, 2.05) is 36.5 Å². The number of H-pyrrole nitrogens is 1. The summed E-state index contributed by atoms with van der Waals surface area (Å²) >= 11 is 0. The zero-order chi connectivity index (χ0) is 18.2. The highest BCUT2D eigenvalue weighted by Gasteiger charge is 2.27. The summed E-state index contributed by atoms with van der Waals surface area (Å²) in [7, 11) is 0. The largest absolute Gasteiger partial charge is 0.357 e. The number of hydrogen-bond acceptors (Lipinski definition) is 2. The Bertz CT molecular complexity index is 1140. The number of amides is 1. The summed E-state index contributed by atoms with van der Waals surface area (Å²) in [5.74, 6) is 0.0119. The first-order valence-electron chi connectivity index (χ1n) is 9.21. The monoisotopic (exact) mass is 353 g/mol. The van der Waals surface area contributed by atoms with E-state index in [1.165, 1.54) is 5.56 Å². The van der Waals surface area contributed by atoms with Gasteiger partial charge in [0, 0.05) is 42.2 Å². The number of carbonyl (C=O) groups excluding carboxylic acids is 1. The maximum atomic E-state index is 12.7. The Kier molecular flexibility index (Phi) is 3.75. The number of carbonyl (C=O) groups is 1. The Hall–Kier alpha value is -3.40. The summed E-state index contributed by atoms with van der Waals surface area (Å²) in [6, 6.07) is 20.5. The number of nitrogens with one attached hydrogen (secondary N) is 2. The third kappa shape index (κ3) is 2.70. The number of fused-ring (bicyclic) bond motifs is 2. The van der Waals surface area contributed by atoms with Crippen molar-refractivity contribution in [3.05, 3.63) is 89.2 Å². The summed E-state index contributed by atoms with van der Waals surface area (Å²) < 4.78 is 0. The van der Waals surface area contributed by atoms with Crippen LogP contribution < -0.4 is 5.32 Å². The summed E-state index contributed by atoms with van der Waals surface area (Å²) in [6.45, 7) is 0.671. The standard InChI is InChI=1S/C23H19N3O/c27-23-20-18(14-15-6-2-1-3-7-15)22(26-19(20)11-13-25-23)17-10-4-8-16-9-5-12-24-21(16)17/h1-10,12,26H,11,13-14H2,(H,25,27). The van der Waals surface area contributed by atoms with Crippen LogP contribution in [0.3, 0.4) is 0 Å². The number of rotatable bonds is 3. The lowest BCUT2D eigenvalue weighted by Gasteiger charge is -2.14. The first-order chi connectivity index (χ1) is 13.3. The van der Waals surface area contributed by atoms with Crippen molar-refractivity contribution < 1.29 is 4.79 Å². The van der Waals surface area contributed by atoms with E-state index < -0.39 is 0 Å². The van der Waals surface area contributed by atoms with Crippen LogP contribution in [0.15, 0.2) is 66.9 Å². The lowest BCUT2D eigenvalue weighted by atomic mass is 9.94. The molecule has 4 heteroatoms. The van der Waals surface area contributed by atoms with Gasteiger partial charge in [-0.2, -0.15) is 0 Å². The van der Waals surface area contributed by atoms with Crippen molar-refractivity contribution in [2.75, 3.05) is 6.54 Å². The molecule has 0 radical (unpaired) electrons. The van der Waals surface area contributed by atoms with Crippen molar-refractivity contribution in [2.45, 2.75) is 12.8 Å². The van der Waals surface area contributed by atoms with Crippen molar-refractivity contribution in [1.82, 2.24) is 15.3 Å². The van der Waals surface area contributed by atoms with Crippen molar-refractivity contribution in [1.29, 1.82) is 0 Å². The normalized spacial score (nSPS) is 13.4. The van der Waals surface area contributed by atoms with Gasteiger partial charge in [-0.05, 0) is 17.2 Å². The van der Waals surface area contributed by atoms with Crippen LogP contribution in [-0.4, -0.2) is 22.4 Å². The van der Waals surface area contributed by atoms with Crippen LogP contribution in [0.1, 0.15) is 27.2 Å². The quantitative estimate of drug-likeness (QED) is 0.582. The Morgan fingerprint density at radius 1 is 0.963 bits per heavy atom. The molecule has 5 rings (SSSR count). The number of pyridine rings is 1. The Morgan fingerprint density at radius 2 is 1.81 bits per heavy atom. The first kappa shape index (κ1) is 15.8. The molecule has 2 aromatic heterocycles. The Morgan fingerprint density at radius 3 is 2.70 bits per heavy atom. The molecule has 0 unspecified atom stereocenters. The second kappa shape index (κ2) is 6.40. The molecule has 0 spiro atoms. The molecular weight excluding hydrogens is 334 g/mol. The smallest absolute Gasteiger partial charge is 0.253 e. The fraction of sp³-hybridized carbons (Fsp3) is 0.130. The second-order valence-electron chi connectivity index (χ2n) is 6.88. The van der Waals surface area contributed by atoms with Gasteiger partial charge in [-0.25, -0.2) is 0 Å². The summed E-state index contributed by atoms with van der Waals surface area (Å²) in [4.78, 5) is 20.8. The van der Waals surface area contributed by atoms with Gasteiger partial charge in [0.05, 0.1) is 16.8 Å². The van der Waals surface area contributed by atoms with E-state index in [0.717, 1.165) is 45.4 Å². The highest BCUT2D eigenvalue weighted by Crippen LogP contribution is 2.35. The number of aromatic amines is 1. The fourth-order valence-corrected chi connectivity index (χ4v) is 3.96. The molecule has 1 amide bonds. The van der Waals surface area contributed by atoms with Crippen molar-refractivity contribution in [3.63, 3.8) is 0 Å². The third-order valence-electron chi connectivity index (χ3n) is 5.19. The third-order valence-corrected chi connectivity index (χ3v) is 5.19. The average molecular weight is 353 g/mol. The highest BCUT2D eigenvalue weighted by atomic mass is 16.1. The minimum absolute atomic E-state index is 0.0119. The van der Waals surface area contributed by atoms with Gasteiger partial charge >= 0.3 is 0 Å². The molecule has 3 heterocycles. The molecular formula is C23H19N3O. The van der Waals surface area contributed by atoms with Gasteiger partial charge in [0.2, 0.25) is 0 Å². The predicted octanol–water partition coefficient (Wildman–Crippen LogP) is 4.11. The molecule has 27 heavy (non-hydrogen) atoms. The maximum absolute atomic E-state index is 12.7. The number of hydrogen-bond donors (Lipinski definition) is 2. The molecule has 0 saturated carbocycles. The van der Waals surface area contributed by atoms with Crippen LogP contribution in [0.5, 0.6) is 0 Å². The SMILES string of the molecule is O=C1NCCc2[nH]c(-c3cccc4cccnc34)c(Cc3ccccc3)c21. The molecule has 0 saturated heterocycles. The molecule has 0 aliphatic carbocycles. The van der Waals surface area contributed by atoms with Crippen molar-refractivity contribution >= 4 is 16.8 Å².